The number of carbonyl (C=O) groups is 1. The average molecular weight is 381 g/mol. The molecule has 1 amide bonds. The summed E-state index contributed by atoms with van der Waals surface area (Å²) in [5, 5.41) is 0.418. The van der Waals surface area contributed by atoms with Gasteiger partial charge in [0, 0.05) is 12.6 Å². The predicted octanol–water partition coefficient (Wildman–Crippen LogP) is 2.19. The first-order valence-electron chi connectivity index (χ1n) is 7.78. The summed E-state index contributed by atoms with van der Waals surface area (Å²) in [7, 11) is -3.45. The van der Waals surface area contributed by atoms with Gasteiger partial charge in [-0.05, 0) is 24.3 Å². The molecule has 1 aromatic heterocycles. The Kier molecular flexibility index (Phi) is 5.24. The van der Waals surface area contributed by atoms with E-state index in [4.69, 9.17) is 16.3 Å². The molecule has 0 bridgehead atoms. The summed E-state index contributed by atoms with van der Waals surface area (Å²) in [6, 6.07) is 11.5. The van der Waals surface area contributed by atoms with Gasteiger partial charge >= 0.3 is 0 Å². The van der Waals surface area contributed by atoms with Crippen molar-refractivity contribution in [3.05, 3.63) is 53.7 Å². The standard InChI is InChI=1S/C17H17ClN2O4S/c18-15-7-4-9-19-17(15)24-13-11-20(12-13)16(21)8-10-25(22,23)14-5-2-1-3-6-14/h1-7,9,13H,8,10-12H2. The molecule has 1 aliphatic heterocycles. The molecular weight excluding hydrogens is 364 g/mol. The molecule has 0 N–H and O–H groups in total. The predicted molar refractivity (Wildman–Crippen MR) is 93.4 cm³/mol. The molecule has 8 heteroatoms. The Balaban J connectivity index is 1.47. The van der Waals surface area contributed by atoms with E-state index >= 15 is 0 Å². The first kappa shape index (κ1) is 17.7. The van der Waals surface area contributed by atoms with Gasteiger partial charge in [0.1, 0.15) is 11.1 Å². The van der Waals surface area contributed by atoms with E-state index in [1.807, 2.05) is 0 Å². The Morgan fingerprint density at radius 1 is 1.20 bits per heavy atom. The summed E-state index contributed by atoms with van der Waals surface area (Å²) >= 11 is 5.97. The van der Waals surface area contributed by atoms with Crippen molar-refractivity contribution in [3.8, 4) is 5.88 Å². The van der Waals surface area contributed by atoms with E-state index in [1.165, 1.54) is 12.1 Å². The van der Waals surface area contributed by atoms with Crippen LogP contribution in [0.1, 0.15) is 6.42 Å². The van der Waals surface area contributed by atoms with Gasteiger partial charge in [-0.3, -0.25) is 4.79 Å². The summed E-state index contributed by atoms with van der Waals surface area (Å²) in [6.45, 7) is 0.800. The number of nitrogens with zero attached hydrogens (tertiary/aromatic N) is 2. The lowest BCUT2D eigenvalue weighted by Crippen LogP contribution is -2.56. The van der Waals surface area contributed by atoms with E-state index in [0.717, 1.165) is 0 Å². The van der Waals surface area contributed by atoms with Crippen LogP contribution in [0.4, 0.5) is 0 Å². The molecule has 0 atom stereocenters. The van der Waals surface area contributed by atoms with Gasteiger partial charge in [-0.25, -0.2) is 13.4 Å². The largest absolute Gasteiger partial charge is 0.470 e. The number of benzene rings is 1. The lowest BCUT2D eigenvalue weighted by atomic mass is 10.1. The normalized spacial score (nSPS) is 14.8. The van der Waals surface area contributed by atoms with Crippen molar-refractivity contribution in [2.75, 3.05) is 18.8 Å². The zero-order chi connectivity index (χ0) is 17.9. The van der Waals surface area contributed by atoms with Crippen LogP contribution in [0.5, 0.6) is 5.88 Å². The molecule has 0 saturated carbocycles. The van der Waals surface area contributed by atoms with E-state index in [9.17, 15) is 13.2 Å². The van der Waals surface area contributed by atoms with Crippen LogP contribution in [0, 0.1) is 0 Å². The molecule has 2 heterocycles. The summed E-state index contributed by atoms with van der Waals surface area (Å²) in [5.74, 6) is -0.0661. The van der Waals surface area contributed by atoms with Crippen molar-refractivity contribution in [1.82, 2.24) is 9.88 Å². The number of hydrogen-bond acceptors (Lipinski definition) is 5. The SMILES string of the molecule is O=C(CCS(=O)(=O)c1ccccc1)N1CC(Oc2ncccc2Cl)C1. The van der Waals surface area contributed by atoms with Crippen LogP contribution in [0.25, 0.3) is 0 Å². The van der Waals surface area contributed by atoms with Crippen molar-refractivity contribution in [3.63, 3.8) is 0 Å². The summed E-state index contributed by atoms with van der Waals surface area (Å²) < 4.78 is 30.0. The van der Waals surface area contributed by atoms with Crippen LogP contribution in [0.3, 0.4) is 0 Å². The minimum absolute atomic E-state index is 0.0473. The second kappa shape index (κ2) is 7.41. The summed E-state index contributed by atoms with van der Waals surface area (Å²) in [4.78, 5) is 18.0. The third kappa shape index (κ3) is 4.29. The van der Waals surface area contributed by atoms with Gasteiger partial charge in [0.25, 0.3) is 0 Å². The highest BCUT2D eigenvalue weighted by Crippen LogP contribution is 2.24. The number of hydrogen-bond donors (Lipinski definition) is 0. The van der Waals surface area contributed by atoms with Crippen LogP contribution in [0.2, 0.25) is 5.02 Å². The molecule has 1 aromatic carbocycles. The second-order valence-electron chi connectivity index (χ2n) is 5.71. The molecule has 132 valence electrons. The number of amides is 1. The van der Waals surface area contributed by atoms with Crippen LogP contribution >= 0.6 is 11.6 Å². The second-order valence-corrected chi connectivity index (χ2v) is 8.23. The van der Waals surface area contributed by atoms with Gasteiger partial charge in [0.15, 0.2) is 9.84 Å². The Morgan fingerprint density at radius 2 is 1.92 bits per heavy atom. The van der Waals surface area contributed by atoms with Gasteiger partial charge in [-0.2, -0.15) is 0 Å². The third-order valence-electron chi connectivity index (χ3n) is 3.89. The number of likely N-dealkylation sites (tertiary alicyclic amines) is 1. The van der Waals surface area contributed by atoms with Crippen LogP contribution < -0.4 is 4.74 Å². The lowest BCUT2D eigenvalue weighted by Gasteiger charge is -2.38. The lowest BCUT2D eigenvalue weighted by molar-refractivity contribution is -0.139. The Bertz CT molecular complexity index is 852. The highest BCUT2D eigenvalue weighted by atomic mass is 35.5. The molecule has 3 rings (SSSR count). The number of pyridine rings is 1. The first-order valence-corrected chi connectivity index (χ1v) is 9.81. The monoisotopic (exact) mass is 380 g/mol. The van der Waals surface area contributed by atoms with Crippen molar-refractivity contribution in [2.45, 2.75) is 17.4 Å². The van der Waals surface area contributed by atoms with E-state index < -0.39 is 9.84 Å². The molecule has 2 aromatic rings. The fourth-order valence-electron chi connectivity index (χ4n) is 2.46. The number of aromatic nitrogens is 1. The molecule has 25 heavy (non-hydrogen) atoms. The maximum atomic E-state index is 12.2. The maximum Gasteiger partial charge on any atom is 0.232 e. The average Bonchev–Trinajstić information content (AvgIpc) is 2.58. The van der Waals surface area contributed by atoms with Gasteiger partial charge in [0.2, 0.25) is 11.8 Å². The Hall–Kier alpha value is -2.12. The minimum atomic E-state index is -3.45. The van der Waals surface area contributed by atoms with Crippen LogP contribution in [-0.2, 0) is 14.6 Å². The fourth-order valence-corrected chi connectivity index (χ4v) is 3.87. The quantitative estimate of drug-likeness (QED) is 0.767. The maximum absolute atomic E-state index is 12.2. The van der Waals surface area contributed by atoms with E-state index in [1.54, 1.807) is 41.4 Å². The smallest absolute Gasteiger partial charge is 0.232 e. The summed E-state index contributed by atoms with van der Waals surface area (Å²) in [5.41, 5.74) is 0. The van der Waals surface area contributed by atoms with Gasteiger partial charge < -0.3 is 9.64 Å². The zero-order valence-corrected chi connectivity index (χ0v) is 14.9. The number of sulfone groups is 1. The van der Waals surface area contributed by atoms with Crippen LogP contribution in [0.15, 0.2) is 53.6 Å². The number of carbonyl (C=O) groups excluding carboxylic acids is 1. The van der Waals surface area contributed by atoms with Crippen molar-refractivity contribution in [1.29, 1.82) is 0 Å². The highest BCUT2D eigenvalue weighted by Gasteiger charge is 2.33. The topological polar surface area (TPSA) is 76.6 Å². The highest BCUT2D eigenvalue weighted by molar-refractivity contribution is 7.91. The first-order chi connectivity index (χ1) is 12.0. The van der Waals surface area contributed by atoms with Crippen molar-refractivity contribution >= 4 is 27.3 Å². The number of halogens is 1. The van der Waals surface area contributed by atoms with Gasteiger partial charge in [0.05, 0.1) is 23.7 Å². The molecule has 1 saturated heterocycles. The minimum Gasteiger partial charge on any atom is -0.470 e. The van der Waals surface area contributed by atoms with Crippen LogP contribution in [-0.4, -0.2) is 49.2 Å². The van der Waals surface area contributed by atoms with E-state index in [0.29, 0.717) is 24.0 Å². The zero-order valence-electron chi connectivity index (χ0n) is 13.3. The molecule has 1 fully saturated rings. The molecular formula is C17H17ClN2O4S. The van der Waals surface area contributed by atoms with E-state index in [-0.39, 0.29) is 29.1 Å². The fraction of sp³-hybridized carbons (Fsp3) is 0.294. The molecule has 6 nitrogen and oxygen atoms in total. The Labute approximate surface area is 151 Å². The summed E-state index contributed by atoms with van der Waals surface area (Å²) in [6.07, 6.45) is 1.35. The molecule has 0 aliphatic carbocycles. The van der Waals surface area contributed by atoms with E-state index in [2.05, 4.69) is 4.98 Å². The van der Waals surface area contributed by atoms with Gasteiger partial charge in [-0.15, -0.1) is 0 Å². The van der Waals surface area contributed by atoms with Crippen molar-refractivity contribution in [2.24, 2.45) is 0 Å². The molecule has 0 unspecified atom stereocenters. The molecule has 0 radical (unpaired) electrons. The third-order valence-corrected chi connectivity index (χ3v) is 5.91. The molecule has 1 aliphatic rings. The Morgan fingerprint density at radius 3 is 2.60 bits per heavy atom. The molecule has 0 spiro atoms. The van der Waals surface area contributed by atoms with Crippen molar-refractivity contribution < 1.29 is 17.9 Å². The number of ether oxygens (including phenoxy) is 1. The number of rotatable bonds is 6. The van der Waals surface area contributed by atoms with Gasteiger partial charge in [-0.1, -0.05) is 29.8 Å².